The molecule has 2 unspecified atom stereocenters. The molecular weight excluding hydrogens is 524 g/mol. The van der Waals surface area contributed by atoms with Gasteiger partial charge < -0.3 is 20.1 Å². The van der Waals surface area contributed by atoms with Gasteiger partial charge in [-0.05, 0) is 93.6 Å². The van der Waals surface area contributed by atoms with Gasteiger partial charge >= 0.3 is 0 Å². The predicted molar refractivity (Wildman–Crippen MR) is 165 cm³/mol. The molecule has 218 valence electrons. The van der Waals surface area contributed by atoms with Gasteiger partial charge in [-0.25, -0.2) is 0 Å². The second-order valence-electron chi connectivity index (χ2n) is 10.8. The van der Waals surface area contributed by atoms with Crippen LogP contribution in [0.3, 0.4) is 0 Å². The first-order chi connectivity index (χ1) is 19.3. The van der Waals surface area contributed by atoms with E-state index in [4.69, 9.17) is 15.2 Å². The third-order valence-electron chi connectivity index (χ3n) is 8.12. The molecule has 0 aromatic heterocycles. The Balaban J connectivity index is 1.21. The van der Waals surface area contributed by atoms with Crippen LogP contribution in [0.4, 0.5) is 0 Å². The number of hydrogen-bond donors (Lipinski definition) is 1. The van der Waals surface area contributed by atoms with Gasteiger partial charge in [0.25, 0.3) is 0 Å². The molecule has 0 bridgehead atoms. The van der Waals surface area contributed by atoms with Gasteiger partial charge in [0.05, 0.1) is 19.3 Å². The highest BCUT2D eigenvalue weighted by Crippen LogP contribution is 2.39. The molecule has 1 saturated carbocycles. The quantitative estimate of drug-likeness (QED) is 0.209. The minimum atomic E-state index is -2.89. The van der Waals surface area contributed by atoms with Crippen LogP contribution in [-0.2, 0) is 19.1 Å². The van der Waals surface area contributed by atoms with E-state index in [-0.39, 0.29) is 6.10 Å². The number of aliphatic imine (C=N–C) groups is 2. The minimum Gasteiger partial charge on any atom is -0.494 e. The van der Waals surface area contributed by atoms with Crippen molar-refractivity contribution in [3.63, 3.8) is 0 Å². The Kier molecular flexibility index (Phi) is 10.4. The van der Waals surface area contributed by atoms with Crippen LogP contribution in [0.2, 0.25) is 0 Å². The van der Waals surface area contributed by atoms with Crippen LogP contribution in [0.1, 0.15) is 57.4 Å². The summed E-state index contributed by atoms with van der Waals surface area (Å²) in [4.78, 5) is 24.6. The molecule has 3 aliphatic rings. The first-order valence-electron chi connectivity index (χ1n) is 14.4. The van der Waals surface area contributed by atoms with E-state index in [0.717, 1.165) is 43.0 Å². The lowest BCUT2D eigenvalue weighted by Crippen LogP contribution is -2.57. The number of nitrogens with zero attached hydrogens (tertiary/aromatic N) is 3. The van der Waals surface area contributed by atoms with Crippen LogP contribution in [0.5, 0.6) is 5.75 Å². The molecule has 0 radical (unpaired) electrons. The molecule has 2 aliphatic carbocycles. The summed E-state index contributed by atoms with van der Waals surface area (Å²) in [5.74, 6) is 4.46. The molecule has 2 fully saturated rings. The molecule has 9 heteroatoms. The normalized spacial score (nSPS) is 23.1. The zero-order valence-corrected chi connectivity index (χ0v) is 24.7. The summed E-state index contributed by atoms with van der Waals surface area (Å²) in [6.45, 7) is 5.25. The van der Waals surface area contributed by atoms with Crippen molar-refractivity contribution in [2.24, 2.45) is 15.7 Å². The molecule has 0 spiro atoms. The van der Waals surface area contributed by atoms with Gasteiger partial charge in [0.15, 0.2) is 0 Å². The Morgan fingerprint density at radius 1 is 1.25 bits per heavy atom. The lowest BCUT2D eigenvalue weighted by Gasteiger charge is -2.42. The lowest BCUT2D eigenvalue weighted by atomic mass is 9.95. The zero-order valence-electron chi connectivity index (χ0n) is 23.9. The standard InChI is InChI=1S/C31H44N4O4S/c1-4-38-27-11-7-24(8-12-27)22-34-23-25(33-2)6-5-21-39-28-13-15-29(16-14-28)40(3,37)31(30(32)36)17-19-35(20-18-31)26-9-10-26/h7-8,11-13,15-16,22,26,28H,3-6,9-10,14,17-21,23H2,1-2H3,(H2,32,36). The lowest BCUT2D eigenvalue weighted by molar-refractivity contribution is -0.121. The van der Waals surface area contributed by atoms with Crippen LogP contribution in [-0.4, -0.2) is 89.6 Å². The largest absolute Gasteiger partial charge is 0.494 e. The van der Waals surface area contributed by atoms with E-state index < -0.39 is 20.2 Å². The fourth-order valence-electron chi connectivity index (χ4n) is 5.45. The van der Waals surface area contributed by atoms with E-state index in [1.165, 1.54) is 12.8 Å². The Morgan fingerprint density at radius 3 is 2.55 bits per heavy atom. The molecule has 1 heterocycles. The van der Waals surface area contributed by atoms with Gasteiger partial charge in [-0.2, -0.15) is 0 Å². The fraction of sp³-hybridized carbons (Fsp3) is 0.548. The van der Waals surface area contributed by atoms with Crippen molar-refractivity contribution in [3.8, 4) is 5.75 Å². The van der Waals surface area contributed by atoms with E-state index >= 15 is 0 Å². The highest BCUT2D eigenvalue weighted by Gasteiger charge is 2.49. The number of primary amides is 1. The van der Waals surface area contributed by atoms with Gasteiger partial charge in [0, 0.05) is 59.1 Å². The van der Waals surface area contributed by atoms with E-state index in [2.05, 4.69) is 20.8 Å². The molecule has 1 aliphatic heterocycles. The highest BCUT2D eigenvalue weighted by molar-refractivity contribution is 8.06. The summed E-state index contributed by atoms with van der Waals surface area (Å²) in [5, 5.41) is 0. The summed E-state index contributed by atoms with van der Waals surface area (Å²) in [6, 6.07) is 8.48. The molecule has 1 amide bonds. The van der Waals surface area contributed by atoms with E-state index in [0.29, 0.717) is 50.0 Å². The number of carbonyl (C=O) groups is 1. The van der Waals surface area contributed by atoms with E-state index in [1.807, 2.05) is 55.6 Å². The van der Waals surface area contributed by atoms with Gasteiger partial charge in [-0.3, -0.25) is 19.0 Å². The number of ether oxygens (including phenoxy) is 2. The number of benzene rings is 1. The highest BCUT2D eigenvalue weighted by atomic mass is 32.2. The van der Waals surface area contributed by atoms with Crippen molar-refractivity contribution in [1.82, 2.24) is 4.90 Å². The van der Waals surface area contributed by atoms with Gasteiger partial charge in [0.2, 0.25) is 5.91 Å². The average Bonchev–Trinajstić information content (AvgIpc) is 3.81. The Bertz CT molecular complexity index is 1240. The number of nitrogens with two attached hydrogens (primary N) is 1. The second kappa shape index (κ2) is 13.7. The number of likely N-dealkylation sites (tertiary alicyclic amines) is 1. The molecule has 8 nitrogen and oxygen atoms in total. The summed E-state index contributed by atoms with van der Waals surface area (Å²) in [7, 11) is -1.09. The number of hydrogen-bond acceptors (Lipinski definition) is 7. The molecular formula is C31H44N4O4S. The third kappa shape index (κ3) is 7.30. The summed E-state index contributed by atoms with van der Waals surface area (Å²) < 4.78 is 24.5. The van der Waals surface area contributed by atoms with E-state index in [1.54, 1.807) is 7.05 Å². The molecule has 4 rings (SSSR count). The van der Waals surface area contributed by atoms with Crippen LogP contribution in [0, 0.1) is 0 Å². The summed E-state index contributed by atoms with van der Waals surface area (Å²) in [6.07, 6.45) is 13.1. The van der Waals surface area contributed by atoms with Crippen molar-refractivity contribution in [2.45, 2.75) is 68.8 Å². The molecule has 2 N–H and O–H groups in total. The monoisotopic (exact) mass is 568 g/mol. The summed E-state index contributed by atoms with van der Waals surface area (Å²) >= 11 is 0. The summed E-state index contributed by atoms with van der Waals surface area (Å²) in [5.41, 5.74) is 7.92. The van der Waals surface area contributed by atoms with Crippen LogP contribution in [0.15, 0.2) is 57.4 Å². The van der Waals surface area contributed by atoms with Crippen LogP contribution in [0.25, 0.3) is 0 Å². The van der Waals surface area contributed by atoms with Crippen LogP contribution >= 0.6 is 0 Å². The number of carbonyl (C=O) groups excluding carboxylic acids is 1. The van der Waals surface area contributed by atoms with Crippen molar-refractivity contribution in [2.75, 3.05) is 39.9 Å². The molecule has 40 heavy (non-hydrogen) atoms. The molecule has 1 aromatic carbocycles. The number of amides is 1. The predicted octanol–water partition coefficient (Wildman–Crippen LogP) is 3.78. The Labute approximate surface area is 239 Å². The number of piperidine rings is 1. The Hall–Kier alpha value is -2.75. The SMILES string of the molecule is C=S(=O)(C1=CCC(OCCCC(CN=Cc2ccc(OCC)cc2)=NC)C=C1)C1(C(N)=O)CCN(C2CC2)CC1. The van der Waals surface area contributed by atoms with E-state index in [9.17, 15) is 9.00 Å². The first-order valence-corrected chi connectivity index (χ1v) is 16.1. The van der Waals surface area contributed by atoms with Crippen molar-refractivity contribution >= 4 is 33.2 Å². The number of rotatable bonds is 14. The molecule has 1 aromatic rings. The topological polar surface area (TPSA) is 107 Å². The first kappa shape index (κ1) is 30.2. The van der Waals surface area contributed by atoms with Gasteiger partial charge in [-0.15, -0.1) is 0 Å². The zero-order chi connectivity index (χ0) is 28.6. The molecule has 1 saturated heterocycles. The van der Waals surface area contributed by atoms with Gasteiger partial charge in [-0.1, -0.05) is 12.2 Å². The fourth-order valence-corrected chi connectivity index (χ4v) is 7.73. The van der Waals surface area contributed by atoms with Crippen molar-refractivity contribution in [3.05, 3.63) is 53.0 Å². The smallest absolute Gasteiger partial charge is 0.236 e. The van der Waals surface area contributed by atoms with Crippen molar-refractivity contribution < 1.29 is 18.5 Å². The minimum absolute atomic E-state index is 0.0973. The maximum absolute atomic E-state index is 14.0. The molecule has 2 atom stereocenters. The van der Waals surface area contributed by atoms with Crippen molar-refractivity contribution in [1.29, 1.82) is 0 Å². The third-order valence-corrected chi connectivity index (χ3v) is 11.1. The Morgan fingerprint density at radius 2 is 1.98 bits per heavy atom. The van der Waals surface area contributed by atoms with Gasteiger partial charge in [0.1, 0.15) is 10.5 Å². The number of allylic oxidation sites excluding steroid dienone is 1. The van der Waals surface area contributed by atoms with Crippen LogP contribution < -0.4 is 10.5 Å². The average molecular weight is 569 g/mol. The maximum atomic E-state index is 14.0. The second-order valence-corrected chi connectivity index (χ2v) is 13.4. The maximum Gasteiger partial charge on any atom is 0.236 e.